The van der Waals surface area contributed by atoms with Crippen molar-refractivity contribution in [1.29, 1.82) is 0 Å². The number of rotatable bonds is 7. The number of methoxy groups -OCH3 is 1. The summed E-state index contributed by atoms with van der Waals surface area (Å²) in [4.78, 5) is 28.0. The number of carbonyl (C=O) groups is 2. The van der Waals surface area contributed by atoms with Gasteiger partial charge in [0.1, 0.15) is 12.3 Å². The van der Waals surface area contributed by atoms with Crippen molar-refractivity contribution in [3.63, 3.8) is 0 Å². The average Bonchev–Trinajstić information content (AvgIpc) is 3.20. The monoisotopic (exact) mass is 381 g/mol. The number of benzene rings is 2. The van der Waals surface area contributed by atoms with E-state index in [-0.39, 0.29) is 24.9 Å². The van der Waals surface area contributed by atoms with Crippen LogP contribution in [0.15, 0.2) is 53.1 Å². The maximum absolute atomic E-state index is 12.0. The van der Waals surface area contributed by atoms with E-state index in [9.17, 15) is 9.59 Å². The summed E-state index contributed by atoms with van der Waals surface area (Å²) in [5, 5.41) is 6.35. The predicted molar refractivity (Wildman–Crippen MR) is 99.6 cm³/mol. The van der Waals surface area contributed by atoms with Crippen LogP contribution in [0.25, 0.3) is 11.4 Å². The van der Waals surface area contributed by atoms with Gasteiger partial charge in [0.15, 0.2) is 6.61 Å². The third-order valence-corrected chi connectivity index (χ3v) is 3.88. The van der Waals surface area contributed by atoms with Crippen molar-refractivity contribution in [1.82, 2.24) is 15.5 Å². The van der Waals surface area contributed by atoms with Crippen LogP contribution in [0, 0.1) is 6.92 Å². The summed E-state index contributed by atoms with van der Waals surface area (Å²) in [5.74, 6) is 0.223. The molecule has 3 rings (SSSR count). The van der Waals surface area contributed by atoms with Gasteiger partial charge in [-0.1, -0.05) is 35.0 Å². The van der Waals surface area contributed by atoms with Gasteiger partial charge in [-0.2, -0.15) is 4.98 Å². The van der Waals surface area contributed by atoms with Crippen LogP contribution in [0.2, 0.25) is 0 Å². The topological polar surface area (TPSA) is 104 Å². The van der Waals surface area contributed by atoms with Gasteiger partial charge in [0.05, 0.1) is 7.11 Å². The van der Waals surface area contributed by atoms with Gasteiger partial charge in [0, 0.05) is 11.1 Å². The zero-order chi connectivity index (χ0) is 19.9. The molecule has 28 heavy (non-hydrogen) atoms. The minimum atomic E-state index is -0.614. The van der Waals surface area contributed by atoms with Gasteiger partial charge < -0.3 is 19.3 Å². The first kappa shape index (κ1) is 19.1. The average molecular weight is 381 g/mol. The minimum Gasteiger partial charge on any atom is -0.497 e. The van der Waals surface area contributed by atoms with Crippen molar-refractivity contribution in [2.24, 2.45) is 0 Å². The van der Waals surface area contributed by atoms with Gasteiger partial charge in [-0.3, -0.25) is 9.59 Å². The molecule has 0 atom stereocenters. The number of hydrogen-bond acceptors (Lipinski definition) is 7. The Morgan fingerprint density at radius 2 is 1.79 bits per heavy atom. The van der Waals surface area contributed by atoms with Crippen LogP contribution in [-0.2, 0) is 16.1 Å². The smallest absolute Gasteiger partial charge is 0.325 e. The highest BCUT2D eigenvalue weighted by molar-refractivity contribution is 5.96. The van der Waals surface area contributed by atoms with Crippen molar-refractivity contribution in [2.75, 3.05) is 13.7 Å². The SMILES string of the molecule is COc1ccc(C(=O)NCC(=O)OCc2nc(-c3ccc(C)cc3)no2)cc1. The summed E-state index contributed by atoms with van der Waals surface area (Å²) in [6, 6.07) is 14.2. The maximum atomic E-state index is 12.0. The zero-order valence-corrected chi connectivity index (χ0v) is 15.5. The molecule has 0 unspecified atom stereocenters. The first-order chi connectivity index (χ1) is 13.5. The molecule has 1 heterocycles. The second-order valence-electron chi connectivity index (χ2n) is 5.95. The molecule has 0 spiro atoms. The number of ether oxygens (including phenoxy) is 2. The Bertz CT molecular complexity index is 949. The van der Waals surface area contributed by atoms with Crippen molar-refractivity contribution in [3.05, 3.63) is 65.5 Å². The van der Waals surface area contributed by atoms with E-state index in [1.807, 2.05) is 31.2 Å². The number of hydrogen-bond donors (Lipinski definition) is 1. The second kappa shape index (κ2) is 8.81. The lowest BCUT2D eigenvalue weighted by atomic mass is 10.1. The summed E-state index contributed by atoms with van der Waals surface area (Å²) < 4.78 is 15.2. The summed E-state index contributed by atoms with van der Waals surface area (Å²) in [6.45, 7) is 1.54. The van der Waals surface area contributed by atoms with Gasteiger partial charge in [-0.25, -0.2) is 0 Å². The molecule has 0 radical (unpaired) electrons. The summed E-state index contributed by atoms with van der Waals surface area (Å²) in [7, 11) is 1.54. The standard InChI is InChI=1S/C20H19N3O5/c1-13-3-5-14(6-4-13)19-22-17(28-23-19)12-27-18(24)11-21-20(25)15-7-9-16(26-2)10-8-15/h3-10H,11-12H2,1-2H3,(H,21,25). The molecular formula is C20H19N3O5. The number of esters is 1. The Morgan fingerprint density at radius 3 is 2.46 bits per heavy atom. The molecule has 2 aromatic carbocycles. The minimum absolute atomic E-state index is 0.171. The number of carbonyl (C=O) groups excluding carboxylic acids is 2. The van der Waals surface area contributed by atoms with Crippen molar-refractivity contribution in [3.8, 4) is 17.1 Å². The van der Waals surface area contributed by atoms with Gasteiger partial charge in [-0.15, -0.1) is 0 Å². The molecule has 0 fully saturated rings. The fraction of sp³-hybridized carbons (Fsp3) is 0.200. The van der Waals surface area contributed by atoms with Gasteiger partial charge >= 0.3 is 5.97 Å². The van der Waals surface area contributed by atoms with Crippen molar-refractivity contribution < 1.29 is 23.6 Å². The molecule has 0 aliphatic rings. The molecule has 8 heteroatoms. The highest BCUT2D eigenvalue weighted by Crippen LogP contribution is 2.16. The van der Waals surface area contributed by atoms with Crippen LogP contribution in [0.5, 0.6) is 5.75 Å². The largest absolute Gasteiger partial charge is 0.497 e. The van der Waals surface area contributed by atoms with Crippen LogP contribution in [0.3, 0.4) is 0 Å². The maximum Gasteiger partial charge on any atom is 0.325 e. The van der Waals surface area contributed by atoms with E-state index in [0.29, 0.717) is 17.1 Å². The quantitative estimate of drug-likeness (QED) is 0.627. The Hall–Kier alpha value is -3.68. The number of nitrogens with zero attached hydrogens (tertiary/aromatic N) is 2. The molecule has 1 amide bonds. The molecule has 0 saturated carbocycles. The zero-order valence-electron chi connectivity index (χ0n) is 15.5. The molecule has 1 N–H and O–H groups in total. The Kier molecular flexibility index (Phi) is 6.01. The summed E-state index contributed by atoms with van der Waals surface area (Å²) >= 11 is 0. The van der Waals surface area contributed by atoms with E-state index < -0.39 is 5.97 Å². The number of aromatic nitrogens is 2. The van der Waals surface area contributed by atoms with E-state index in [0.717, 1.165) is 11.1 Å². The van der Waals surface area contributed by atoms with Crippen LogP contribution in [0.1, 0.15) is 21.8 Å². The fourth-order valence-corrected chi connectivity index (χ4v) is 2.32. The molecule has 1 aromatic heterocycles. The van der Waals surface area contributed by atoms with E-state index in [2.05, 4.69) is 15.5 Å². The number of nitrogens with one attached hydrogen (secondary N) is 1. The van der Waals surface area contributed by atoms with Crippen LogP contribution in [0.4, 0.5) is 0 Å². The highest BCUT2D eigenvalue weighted by atomic mass is 16.6. The first-order valence-electron chi connectivity index (χ1n) is 8.52. The molecule has 0 aliphatic carbocycles. The molecule has 0 saturated heterocycles. The molecule has 0 aliphatic heterocycles. The third-order valence-electron chi connectivity index (χ3n) is 3.88. The lowest BCUT2D eigenvalue weighted by molar-refractivity contribution is -0.144. The van der Waals surface area contributed by atoms with Crippen LogP contribution >= 0.6 is 0 Å². The van der Waals surface area contributed by atoms with E-state index in [1.54, 1.807) is 24.3 Å². The van der Waals surface area contributed by atoms with Crippen molar-refractivity contribution in [2.45, 2.75) is 13.5 Å². The lowest BCUT2D eigenvalue weighted by Gasteiger charge is -2.06. The molecule has 0 bridgehead atoms. The Balaban J connectivity index is 1.46. The third kappa shape index (κ3) is 4.94. The molecular weight excluding hydrogens is 362 g/mol. The summed E-state index contributed by atoms with van der Waals surface area (Å²) in [5.41, 5.74) is 2.34. The molecule has 144 valence electrons. The predicted octanol–water partition coefficient (Wildman–Crippen LogP) is 2.53. The molecule has 3 aromatic rings. The van der Waals surface area contributed by atoms with Crippen LogP contribution in [-0.4, -0.2) is 35.7 Å². The Labute approximate surface area is 161 Å². The fourth-order valence-electron chi connectivity index (χ4n) is 2.32. The summed E-state index contributed by atoms with van der Waals surface area (Å²) in [6.07, 6.45) is 0. The van der Waals surface area contributed by atoms with Gasteiger partial charge in [-0.05, 0) is 31.2 Å². The van der Waals surface area contributed by atoms with Crippen LogP contribution < -0.4 is 10.1 Å². The number of amides is 1. The highest BCUT2D eigenvalue weighted by Gasteiger charge is 2.13. The lowest BCUT2D eigenvalue weighted by Crippen LogP contribution is -2.30. The van der Waals surface area contributed by atoms with E-state index >= 15 is 0 Å². The number of aryl methyl sites for hydroxylation is 1. The second-order valence-corrected chi connectivity index (χ2v) is 5.95. The first-order valence-corrected chi connectivity index (χ1v) is 8.52. The van der Waals surface area contributed by atoms with Crippen molar-refractivity contribution >= 4 is 11.9 Å². The van der Waals surface area contributed by atoms with E-state index in [4.69, 9.17) is 14.0 Å². The van der Waals surface area contributed by atoms with Gasteiger partial charge in [0.2, 0.25) is 5.82 Å². The van der Waals surface area contributed by atoms with E-state index in [1.165, 1.54) is 7.11 Å². The van der Waals surface area contributed by atoms with Gasteiger partial charge in [0.25, 0.3) is 11.8 Å². The molecule has 8 nitrogen and oxygen atoms in total. The normalized spacial score (nSPS) is 10.4. The Morgan fingerprint density at radius 1 is 1.07 bits per heavy atom.